The van der Waals surface area contributed by atoms with E-state index in [-0.39, 0.29) is 11.7 Å². The summed E-state index contributed by atoms with van der Waals surface area (Å²) in [5.41, 5.74) is 1.80. The van der Waals surface area contributed by atoms with Gasteiger partial charge in [-0.3, -0.25) is 4.79 Å². The van der Waals surface area contributed by atoms with Gasteiger partial charge in [-0.05, 0) is 53.4 Å². The number of carbonyl (C=O) groups is 1. The largest absolute Gasteiger partial charge is 0.335 e. The number of hydrogen-bond donors (Lipinski definition) is 1. The number of nitrogens with zero attached hydrogens (tertiary/aromatic N) is 3. The number of rotatable bonds is 8. The number of halogens is 1. The molecule has 1 saturated carbocycles. The molecule has 2 heterocycles. The molecule has 3 aromatic rings. The van der Waals surface area contributed by atoms with Crippen molar-refractivity contribution in [2.75, 3.05) is 11.1 Å². The Labute approximate surface area is 168 Å². The van der Waals surface area contributed by atoms with Gasteiger partial charge in [-0.1, -0.05) is 29.2 Å². The Morgan fingerprint density at radius 3 is 2.96 bits per heavy atom. The second-order valence-corrected chi connectivity index (χ2v) is 9.16. The highest BCUT2D eigenvalue weighted by Crippen LogP contribution is 2.32. The number of nitrogens with one attached hydrogen (secondary N) is 1. The van der Waals surface area contributed by atoms with E-state index >= 15 is 0 Å². The molecule has 0 atom stereocenters. The van der Waals surface area contributed by atoms with Crippen LogP contribution in [0.15, 0.2) is 45.4 Å². The van der Waals surface area contributed by atoms with Crippen LogP contribution in [0.3, 0.4) is 0 Å². The number of anilines is 2. The van der Waals surface area contributed by atoms with Crippen LogP contribution in [0.2, 0.25) is 0 Å². The molecule has 1 fully saturated rings. The number of amides is 1. The van der Waals surface area contributed by atoms with E-state index in [1.165, 1.54) is 40.8 Å². The first-order valence-electron chi connectivity index (χ1n) is 8.47. The average molecular weight is 421 g/mol. The maximum atomic E-state index is 13.2. The smallest absolute Gasteiger partial charge is 0.233 e. The van der Waals surface area contributed by atoms with E-state index in [1.807, 2.05) is 10.3 Å². The van der Waals surface area contributed by atoms with Crippen LogP contribution in [0.1, 0.15) is 18.4 Å². The number of carbonyl (C=O) groups excluding carboxylic acids is 1. The number of benzene rings is 1. The predicted octanol–water partition coefficient (Wildman–Crippen LogP) is 4.77. The van der Waals surface area contributed by atoms with E-state index in [1.54, 1.807) is 23.5 Å². The maximum absolute atomic E-state index is 13.2. The number of hydrogen-bond acceptors (Lipinski definition) is 7. The zero-order chi connectivity index (χ0) is 18.6. The number of thioether (sulfide) groups is 1. The second kappa shape index (κ2) is 8.37. The van der Waals surface area contributed by atoms with Crippen molar-refractivity contribution >= 4 is 51.2 Å². The van der Waals surface area contributed by atoms with Gasteiger partial charge in [0, 0.05) is 18.3 Å². The fourth-order valence-corrected chi connectivity index (χ4v) is 4.92. The highest BCUT2D eigenvalue weighted by atomic mass is 32.2. The molecule has 140 valence electrons. The molecule has 0 aliphatic heterocycles. The van der Waals surface area contributed by atoms with Crippen LogP contribution < -0.4 is 5.32 Å². The van der Waals surface area contributed by atoms with Crippen molar-refractivity contribution in [2.45, 2.75) is 29.8 Å². The predicted molar refractivity (Wildman–Crippen MR) is 108 cm³/mol. The molecule has 1 amide bonds. The second-order valence-electron chi connectivity index (χ2n) is 6.18. The van der Waals surface area contributed by atoms with Crippen LogP contribution in [-0.4, -0.2) is 32.8 Å². The molecule has 1 aliphatic rings. The monoisotopic (exact) mass is 420 g/mol. The molecule has 0 saturated heterocycles. The van der Waals surface area contributed by atoms with Crippen molar-refractivity contribution < 1.29 is 9.18 Å². The maximum Gasteiger partial charge on any atom is 0.233 e. The quantitative estimate of drug-likeness (QED) is 0.532. The molecule has 0 radical (unpaired) electrons. The summed E-state index contributed by atoms with van der Waals surface area (Å²) in [4.78, 5) is 14.6. The van der Waals surface area contributed by atoms with Crippen LogP contribution in [0.4, 0.5) is 15.2 Å². The Bertz CT molecular complexity index is 911. The lowest BCUT2D eigenvalue weighted by molar-refractivity contribution is -0.129. The van der Waals surface area contributed by atoms with E-state index in [9.17, 15) is 9.18 Å². The molecular formula is C18H17FN4OS3. The zero-order valence-electron chi connectivity index (χ0n) is 14.3. The fraction of sp³-hybridized carbons (Fsp3) is 0.278. The molecular weight excluding hydrogens is 403 g/mol. The Kier molecular flexibility index (Phi) is 5.70. The van der Waals surface area contributed by atoms with Gasteiger partial charge in [0.15, 0.2) is 4.34 Å². The Morgan fingerprint density at radius 2 is 2.22 bits per heavy atom. The van der Waals surface area contributed by atoms with Gasteiger partial charge in [0.25, 0.3) is 0 Å². The van der Waals surface area contributed by atoms with E-state index in [2.05, 4.69) is 27.0 Å². The van der Waals surface area contributed by atoms with Crippen molar-refractivity contribution in [1.29, 1.82) is 0 Å². The first-order chi connectivity index (χ1) is 13.2. The van der Waals surface area contributed by atoms with Gasteiger partial charge in [-0.2, -0.15) is 11.3 Å². The molecule has 0 bridgehead atoms. The third kappa shape index (κ3) is 5.06. The van der Waals surface area contributed by atoms with Crippen LogP contribution in [0.25, 0.3) is 0 Å². The van der Waals surface area contributed by atoms with Crippen molar-refractivity contribution in [3.8, 4) is 0 Å². The SMILES string of the molecule is O=C(CSc1nnc(Nc2cccc(F)c2)s1)N(Cc1ccsc1)C1CC1. The normalized spacial score (nSPS) is 13.5. The first kappa shape index (κ1) is 18.4. The van der Waals surface area contributed by atoms with Gasteiger partial charge in [0.1, 0.15) is 5.82 Å². The summed E-state index contributed by atoms with van der Waals surface area (Å²) in [7, 11) is 0. The van der Waals surface area contributed by atoms with Crippen molar-refractivity contribution in [1.82, 2.24) is 15.1 Å². The lowest BCUT2D eigenvalue weighted by Crippen LogP contribution is -2.33. The number of thiophene rings is 1. The van der Waals surface area contributed by atoms with Crippen LogP contribution in [-0.2, 0) is 11.3 Å². The molecule has 1 aromatic carbocycles. The fourth-order valence-electron chi connectivity index (χ4n) is 2.60. The number of aromatic nitrogens is 2. The lowest BCUT2D eigenvalue weighted by Gasteiger charge is -2.21. The highest BCUT2D eigenvalue weighted by molar-refractivity contribution is 8.01. The topological polar surface area (TPSA) is 58.1 Å². The molecule has 2 aromatic heterocycles. The van der Waals surface area contributed by atoms with Crippen LogP contribution in [0.5, 0.6) is 0 Å². The summed E-state index contributed by atoms with van der Waals surface area (Å²) in [5, 5.41) is 15.9. The van der Waals surface area contributed by atoms with Crippen molar-refractivity contribution in [3.63, 3.8) is 0 Å². The van der Waals surface area contributed by atoms with Gasteiger partial charge < -0.3 is 10.2 Å². The minimum absolute atomic E-state index is 0.128. The summed E-state index contributed by atoms with van der Waals surface area (Å²) in [5.74, 6) is 0.161. The summed E-state index contributed by atoms with van der Waals surface area (Å²) in [6.07, 6.45) is 2.17. The highest BCUT2D eigenvalue weighted by Gasteiger charge is 2.32. The molecule has 9 heteroatoms. The minimum Gasteiger partial charge on any atom is -0.335 e. The molecule has 4 rings (SSSR count). The van der Waals surface area contributed by atoms with E-state index in [0.717, 1.165) is 12.8 Å². The van der Waals surface area contributed by atoms with Gasteiger partial charge in [0.2, 0.25) is 11.0 Å². The van der Waals surface area contributed by atoms with Gasteiger partial charge >= 0.3 is 0 Å². The summed E-state index contributed by atoms with van der Waals surface area (Å²) < 4.78 is 14.0. The summed E-state index contributed by atoms with van der Waals surface area (Å²) >= 11 is 4.40. The van der Waals surface area contributed by atoms with Gasteiger partial charge in [0.05, 0.1) is 5.75 Å². The van der Waals surface area contributed by atoms with Crippen LogP contribution in [0, 0.1) is 5.82 Å². The van der Waals surface area contributed by atoms with E-state index in [0.29, 0.717) is 33.5 Å². The molecule has 1 aliphatic carbocycles. The third-order valence-electron chi connectivity index (χ3n) is 4.04. The standard InChI is InChI=1S/C18H17FN4OS3/c19-13-2-1-3-14(8-13)20-17-21-22-18(27-17)26-11-16(24)23(15-4-5-15)9-12-6-7-25-10-12/h1-3,6-8,10,15H,4-5,9,11H2,(H,20,21). The van der Waals surface area contributed by atoms with Crippen molar-refractivity contribution in [2.24, 2.45) is 0 Å². The third-order valence-corrected chi connectivity index (χ3v) is 6.73. The summed E-state index contributed by atoms with van der Waals surface area (Å²) in [6.45, 7) is 0.677. The van der Waals surface area contributed by atoms with E-state index < -0.39 is 0 Å². The zero-order valence-corrected chi connectivity index (χ0v) is 16.7. The Balaban J connectivity index is 1.32. The molecule has 1 N–H and O–H groups in total. The molecule has 0 spiro atoms. The summed E-state index contributed by atoms with van der Waals surface area (Å²) in [6, 6.07) is 8.62. The minimum atomic E-state index is -0.310. The van der Waals surface area contributed by atoms with Crippen LogP contribution >= 0.6 is 34.4 Å². The average Bonchev–Trinajstić information content (AvgIpc) is 3.17. The molecule has 0 unspecified atom stereocenters. The van der Waals surface area contributed by atoms with Gasteiger partial charge in [-0.15, -0.1) is 10.2 Å². The van der Waals surface area contributed by atoms with Crippen molar-refractivity contribution in [3.05, 3.63) is 52.5 Å². The molecule has 27 heavy (non-hydrogen) atoms. The first-order valence-corrected chi connectivity index (χ1v) is 11.2. The lowest BCUT2D eigenvalue weighted by atomic mass is 10.3. The van der Waals surface area contributed by atoms with E-state index in [4.69, 9.17) is 0 Å². The van der Waals surface area contributed by atoms with Gasteiger partial charge in [-0.25, -0.2) is 4.39 Å². The molecule has 5 nitrogen and oxygen atoms in total. The Hall–Kier alpha value is -1.97. The Morgan fingerprint density at radius 1 is 1.33 bits per heavy atom.